The van der Waals surface area contributed by atoms with E-state index in [9.17, 15) is 10.1 Å². The van der Waals surface area contributed by atoms with E-state index in [-0.39, 0.29) is 34.4 Å². The van der Waals surface area contributed by atoms with E-state index in [4.69, 9.17) is 10.5 Å². The highest BCUT2D eigenvalue weighted by molar-refractivity contribution is 6.00. The molecule has 32 heavy (non-hydrogen) atoms. The SMILES string of the molecule is C[C@H]1COc2c(NC3CCC(c4cccnc4)CC3)c(F)c(N)c3c(=O)c(C#N)cn1c23. The molecule has 1 saturated carbocycles. The number of ether oxygens (including phenoxy) is 1. The maximum atomic E-state index is 15.4. The normalized spacial score (nSPS) is 22.2. The highest BCUT2D eigenvalue weighted by atomic mass is 19.1. The van der Waals surface area contributed by atoms with Gasteiger partial charge in [-0.05, 0) is 50.2 Å². The first-order valence-electron chi connectivity index (χ1n) is 10.9. The minimum Gasteiger partial charge on any atom is -0.487 e. The lowest BCUT2D eigenvalue weighted by molar-refractivity contribution is 0.247. The van der Waals surface area contributed by atoms with Crippen molar-refractivity contribution in [2.75, 3.05) is 17.7 Å². The second-order valence-electron chi connectivity index (χ2n) is 8.69. The second-order valence-corrected chi connectivity index (χ2v) is 8.69. The second kappa shape index (κ2) is 7.83. The van der Waals surface area contributed by atoms with Gasteiger partial charge in [0.1, 0.15) is 23.9 Å². The van der Waals surface area contributed by atoms with Gasteiger partial charge in [0.05, 0.1) is 22.6 Å². The lowest BCUT2D eigenvalue weighted by Gasteiger charge is -2.33. The molecule has 0 amide bonds. The summed E-state index contributed by atoms with van der Waals surface area (Å²) in [5.74, 6) is 0.0363. The summed E-state index contributed by atoms with van der Waals surface area (Å²) < 4.78 is 23.2. The van der Waals surface area contributed by atoms with E-state index in [1.54, 1.807) is 10.8 Å². The monoisotopic (exact) mass is 433 g/mol. The van der Waals surface area contributed by atoms with Gasteiger partial charge < -0.3 is 20.4 Å². The van der Waals surface area contributed by atoms with Crippen LogP contribution in [0.5, 0.6) is 5.75 Å². The average Bonchev–Trinajstić information content (AvgIpc) is 2.82. The molecule has 1 aliphatic carbocycles. The molecule has 3 N–H and O–H groups in total. The fraction of sp³-hybridized carbons (Fsp3) is 0.375. The highest BCUT2D eigenvalue weighted by Gasteiger charge is 2.31. The number of aromatic nitrogens is 2. The molecule has 0 saturated heterocycles. The Morgan fingerprint density at radius 1 is 1.34 bits per heavy atom. The number of nitriles is 1. The van der Waals surface area contributed by atoms with Crippen molar-refractivity contribution in [2.45, 2.75) is 50.6 Å². The van der Waals surface area contributed by atoms with Gasteiger partial charge >= 0.3 is 0 Å². The number of nitrogens with one attached hydrogen (secondary N) is 1. The number of hydrogen-bond donors (Lipinski definition) is 2. The molecule has 3 heterocycles. The molecule has 1 aliphatic heterocycles. The van der Waals surface area contributed by atoms with Crippen molar-refractivity contribution >= 4 is 22.3 Å². The quantitative estimate of drug-likeness (QED) is 0.603. The summed E-state index contributed by atoms with van der Waals surface area (Å²) in [6, 6.07) is 5.89. The van der Waals surface area contributed by atoms with Crippen LogP contribution in [0.2, 0.25) is 0 Å². The van der Waals surface area contributed by atoms with Gasteiger partial charge in [0.2, 0.25) is 5.43 Å². The third-order valence-corrected chi connectivity index (χ3v) is 6.70. The minimum atomic E-state index is -0.699. The highest BCUT2D eigenvalue weighted by Crippen LogP contribution is 2.44. The summed E-state index contributed by atoms with van der Waals surface area (Å²) in [4.78, 5) is 17.0. The van der Waals surface area contributed by atoms with Gasteiger partial charge in [0, 0.05) is 24.6 Å². The van der Waals surface area contributed by atoms with Crippen LogP contribution in [0.25, 0.3) is 10.9 Å². The van der Waals surface area contributed by atoms with Crippen LogP contribution in [-0.4, -0.2) is 22.2 Å². The zero-order valence-corrected chi connectivity index (χ0v) is 17.8. The first-order valence-corrected chi connectivity index (χ1v) is 10.9. The van der Waals surface area contributed by atoms with Crippen molar-refractivity contribution in [3.05, 3.63) is 57.9 Å². The summed E-state index contributed by atoms with van der Waals surface area (Å²) in [5.41, 5.74) is 7.11. The van der Waals surface area contributed by atoms with Crippen LogP contribution in [0.3, 0.4) is 0 Å². The molecule has 5 rings (SSSR count). The van der Waals surface area contributed by atoms with Crippen molar-refractivity contribution in [2.24, 2.45) is 0 Å². The van der Waals surface area contributed by atoms with E-state index < -0.39 is 11.2 Å². The van der Waals surface area contributed by atoms with Crippen molar-refractivity contribution in [3.8, 4) is 11.8 Å². The molecule has 1 aromatic carbocycles. The molecule has 8 heteroatoms. The number of benzene rings is 1. The van der Waals surface area contributed by atoms with Crippen molar-refractivity contribution in [1.82, 2.24) is 9.55 Å². The van der Waals surface area contributed by atoms with Gasteiger partial charge in [0.15, 0.2) is 11.6 Å². The number of anilines is 2. The van der Waals surface area contributed by atoms with Crippen LogP contribution in [0.15, 0.2) is 35.5 Å². The molecular weight excluding hydrogens is 409 g/mol. The standard InChI is InChI=1S/C24H24FN5O2/c1-13-12-32-24-21(29-17-6-4-14(5-7-17)15-3-2-8-28-10-15)19(25)20(27)18-22(24)30(13)11-16(9-26)23(18)31/h2-3,8,10-11,13-14,17,29H,4-7,12,27H2,1H3/t13-,14?,17?/m0/s1. The Kier molecular flexibility index (Phi) is 4.97. The Morgan fingerprint density at radius 2 is 2.12 bits per heavy atom. The smallest absolute Gasteiger partial charge is 0.209 e. The molecule has 7 nitrogen and oxygen atoms in total. The molecule has 1 fully saturated rings. The molecule has 3 aromatic rings. The topological polar surface area (TPSA) is 106 Å². The molecule has 164 valence electrons. The van der Waals surface area contributed by atoms with Gasteiger partial charge in [-0.15, -0.1) is 0 Å². The summed E-state index contributed by atoms with van der Waals surface area (Å²) >= 11 is 0. The average molecular weight is 433 g/mol. The molecule has 0 bridgehead atoms. The van der Waals surface area contributed by atoms with Crippen LogP contribution < -0.4 is 21.2 Å². The van der Waals surface area contributed by atoms with Gasteiger partial charge in [-0.3, -0.25) is 9.78 Å². The fourth-order valence-electron chi connectivity index (χ4n) is 4.95. The Balaban J connectivity index is 1.52. The van der Waals surface area contributed by atoms with Crippen molar-refractivity contribution in [3.63, 3.8) is 0 Å². The fourth-order valence-corrected chi connectivity index (χ4v) is 4.95. The van der Waals surface area contributed by atoms with Crippen LogP contribution in [0.4, 0.5) is 15.8 Å². The number of nitrogen functional groups attached to an aromatic ring is 1. The van der Waals surface area contributed by atoms with Crippen LogP contribution in [-0.2, 0) is 0 Å². The summed E-state index contributed by atoms with van der Waals surface area (Å²) in [5, 5.41) is 12.7. The maximum Gasteiger partial charge on any atom is 0.209 e. The predicted octanol–water partition coefficient (Wildman–Crippen LogP) is 4.08. The van der Waals surface area contributed by atoms with Gasteiger partial charge in [0.25, 0.3) is 0 Å². The molecule has 1 atom stereocenters. The largest absolute Gasteiger partial charge is 0.487 e. The van der Waals surface area contributed by atoms with Gasteiger partial charge in [-0.2, -0.15) is 5.26 Å². The van der Waals surface area contributed by atoms with E-state index in [2.05, 4.69) is 16.4 Å². The zero-order chi connectivity index (χ0) is 22.4. The summed E-state index contributed by atoms with van der Waals surface area (Å²) in [7, 11) is 0. The summed E-state index contributed by atoms with van der Waals surface area (Å²) in [6.07, 6.45) is 8.88. The molecular formula is C24H24FN5O2. The first kappa shape index (κ1) is 20.3. The lowest BCUT2D eigenvalue weighted by Crippen LogP contribution is -2.29. The Morgan fingerprint density at radius 3 is 2.81 bits per heavy atom. The van der Waals surface area contributed by atoms with E-state index in [0.29, 0.717) is 23.8 Å². The summed E-state index contributed by atoms with van der Waals surface area (Å²) in [6.45, 7) is 2.22. The van der Waals surface area contributed by atoms with E-state index in [0.717, 1.165) is 25.7 Å². The number of halogens is 1. The maximum absolute atomic E-state index is 15.4. The van der Waals surface area contributed by atoms with Crippen LogP contribution >= 0.6 is 0 Å². The van der Waals surface area contributed by atoms with Crippen molar-refractivity contribution < 1.29 is 9.13 Å². The Labute approximate surface area is 184 Å². The zero-order valence-electron chi connectivity index (χ0n) is 17.8. The van der Waals surface area contributed by atoms with Crippen LogP contribution in [0.1, 0.15) is 55.7 Å². The van der Waals surface area contributed by atoms with Crippen molar-refractivity contribution in [1.29, 1.82) is 5.26 Å². The third-order valence-electron chi connectivity index (χ3n) is 6.70. The number of rotatable bonds is 3. The predicted molar refractivity (Wildman–Crippen MR) is 120 cm³/mol. The minimum absolute atomic E-state index is 0.00827. The Hall–Kier alpha value is -3.60. The molecule has 0 unspecified atom stereocenters. The van der Waals surface area contributed by atoms with Crippen LogP contribution in [0, 0.1) is 17.1 Å². The van der Waals surface area contributed by atoms with Gasteiger partial charge in [-0.25, -0.2) is 4.39 Å². The van der Waals surface area contributed by atoms with E-state index in [1.165, 1.54) is 11.8 Å². The lowest BCUT2D eigenvalue weighted by atomic mass is 9.82. The number of hydrogen-bond acceptors (Lipinski definition) is 6. The molecule has 0 radical (unpaired) electrons. The third kappa shape index (κ3) is 3.16. The van der Waals surface area contributed by atoms with E-state index in [1.807, 2.05) is 25.3 Å². The molecule has 2 aliphatic rings. The number of nitrogens with zero attached hydrogens (tertiary/aromatic N) is 3. The Bertz CT molecular complexity index is 1290. The molecule has 0 spiro atoms. The number of nitrogens with two attached hydrogens (primary N) is 1. The number of pyridine rings is 2. The first-order chi connectivity index (χ1) is 15.5. The van der Waals surface area contributed by atoms with E-state index >= 15 is 4.39 Å². The van der Waals surface area contributed by atoms with Gasteiger partial charge in [-0.1, -0.05) is 6.07 Å². The molecule has 2 aromatic heterocycles.